The van der Waals surface area contributed by atoms with Crippen molar-refractivity contribution in [3.8, 4) is 0 Å². The fourth-order valence-electron chi connectivity index (χ4n) is 4.20. The van der Waals surface area contributed by atoms with Crippen LogP contribution in [-0.4, -0.2) is 49.4 Å². The summed E-state index contributed by atoms with van der Waals surface area (Å²) in [5.41, 5.74) is 4.73. The number of piperazine rings is 1. The van der Waals surface area contributed by atoms with Gasteiger partial charge in [0.05, 0.1) is 26.2 Å². The highest BCUT2D eigenvalue weighted by molar-refractivity contribution is 5.92. The maximum Gasteiger partial charge on any atom is 0.279 e. The van der Waals surface area contributed by atoms with Gasteiger partial charge in [-0.05, 0) is 41.0 Å². The zero-order valence-corrected chi connectivity index (χ0v) is 20.0. The first-order chi connectivity index (χ1) is 15.3. The van der Waals surface area contributed by atoms with Crippen LogP contribution in [0.25, 0.3) is 0 Å². The summed E-state index contributed by atoms with van der Waals surface area (Å²) in [6.07, 6.45) is 2.21. The van der Waals surface area contributed by atoms with Gasteiger partial charge in [0, 0.05) is 12.1 Å². The van der Waals surface area contributed by atoms with E-state index in [2.05, 4.69) is 57.3 Å². The van der Waals surface area contributed by atoms with Crippen LogP contribution >= 0.6 is 0 Å². The van der Waals surface area contributed by atoms with Crippen molar-refractivity contribution in [2.24, 2.45) is 0 Å². The molecule has 2 aromatic rings. The predicted molar refractivity (Wildman–Crippen MR) is 130 cm³/mol. The van der Waals surface area contributed by atoms with Crippen molar-refractivity contribution in [2.75, 3.05) is 38.0 Å². The second kappa shape index (κ2) is 10.8. The third-order valence-corrected chi connectivity index (χ3v) is 6.35. The van der Waals surface area contributed by atoms with E-state index < -0.39 is 0 Å². The lowest BCUT2D eigenvalue weighted by Gasteiger charge is -2.32. The number of aryl methyl sites for hydroxylation is 2. The molecule has 0 unspecified atom stereocenters. The lowest BCUT2D eigenvalue weighted by Crippen LogP contribution is -3.15. The zero-order chi connectivity index (χ0) is 23.1. The number of hydrogen-bond acceptors (Lipinski definition) is 2. The van der Waals surface area contributed by atoms with Crippen molar-refractivity contribution in [2.45, 2.75) is 52.4 Å². The summed E-state index contributed by atoms with van der Waals surface area (Å²) in [7, 11) is 0. The molecule has 0 atom stereocenters. The molecular weight excluding hydrogens is 398 g/mol. The summed E-state index contributed by atoms with van der Waals surface area (Å²) in [5, 5.41) is 3.05. The molecule has 2 aromatic carbocycles. The molecule has 2 amide bonds. The van der Waals surface area contributed by atoms with Gasteiger partial charge in [-0.2, -0.15) is 0 Å². The third-order valence-electron chi connectivity index (χ3n) is 6.35. The number of carbonyl (C=O) groups excluding carboxylic acids is 2. The Bertz CT molecular complexity index is 907. The highest BCUT2D eigenvalue weighted by Gasteiger charge is 2.25. The summed E-state index contributed by atoms with van der Waals surface area (Å²) >= 11 is 0. The lowest BCUT2D eigenvalue weighted by molar-refractivity contribution is -0.895. The number of para-hydroxylation sites is 1. The summed E-state index contributed by atoms with van der Waals surface area (Å²) in [6, 6.07) is 16.6. The Hall–Kier alpha value is -2.66. The van der Waals surface area contributed by atoms with Crippen LogP contribution in [0.4, 0.5) is 5.69 Å². The molecule has 172 valence electrons. The fraction of sp³-hybridized carbons (Fsp3) is 0.481. The first kappa shape index (κ1) is 24.0. The molecule has 0 aliphatic carbocycles. The summed E-state index contributed by atoms with van der Waals surface area (Å²) in [4.78, 5) is 28.4. The molecule has 0 spiro atoms. The Balaban J connectivity index is 1.41. The monoisotopic (exact) mass is 436 g/mol. The van der Waals surface area contributed by atoms with Crippen LogP contribution in [0, 0.1) is 0 Å². The summed E-state index contributed by atoms with van der Waals surface area (Å²) in [5.74, 6) is 0.254. The number of anilines is 1. The van der Waals surface area contributed by atoms with Crippen LogP contribution in [0.2, 0.25) is 0 Å². The number of nitrogens with one attached hydrogen (secondary N) is 2. The standard InChI is InChI=1S/C27H37N3O2/c1-5-22-8-6-7-9-24(22)28-25(31)20-29-16-18-30(19-17-29)26(32)15-12-21-10-13-23(14-11-21)27(2,3)4/h6-11,13-14H,5,12,15-20H2,1-4H3,(H,28,31)/p+1. The minimum atomic E-state index is 0.0411. The topological polar surface area (TPSA) is 53.9 Å². The number of quaternary nitrogens is 1. The molecule has 1 heterocycles. The molecule has 1 saturated heterocycles. The van der Waals surface area contributed by atoms with E-state index in [0.717, 1.165) is 50.3 Å². The van der Waals surface area contributed by atoms with Gasteiger partial charge in [-0.1, -0.05) is 70.2 Å². The number of rotatable bonds is 7. The quantitative estimate of drug-likeness (QED) is 0.701. The zero-order valence-electron chi connectivity index (χ0n) is 20.0. The third kappa shape index (κ3) is 6.67. The second-order valence-electron chi connectivity index (χ2n) is 9.81. The largest absolute Gasteiger partial charge is 0.331 e. The van der Waals surface area contributed by atoms with Crippen molar-refractivity contribution >= 4 is 17.5 Å². The normalized spacial score (nSPS) is 14.9. The van der Waals surface area contributed by atoms with Crippen LogP contribution in [0.3, 0.4) is 0 Å². The van der Waals surface area contributed by atoms with Crippen LogP contribution in [0.1, 0.15) is 50.8 Å². The average Bonchev–Trinajstić information content (AvgIpc) is 2.78. The van der Waals surface area contributed by atoms with Gasteiger partial charge in [-0.25, -0.2) is 0 Å². The number of amides is 2. The number of nitrogens with zero attached hydrogens (tertiary/aromatic N) is 1. The number of benzene rings is 2. The van der Waals surface area contributed by atoms with E-state index in [9.17, 15) is 9.59 Å². The van der Waals surface area contributed by atoms with Crippen LogP contribution in [-0.2, 0) is 27.8 Å². The summed E-state index contributed by atoms with van der Waals surface area (Å²) < 4.78 is 0. The maximum absolute atomic E-state index is 12.7. The SMILES string of the molecule is CCc1ccccc1NC(=O)C[NH+]1CCN(C(=O)CCc2ccc(C(C)(C)C)cc2)CC1. The van der Waals surface area contributed by atoms with Gasteiger partial charge in [0.1, 0.15) is 0 Å². The van der Waals surface area contributed by atoms with E-state index >= 15 is 0 Å². The van der Waals surface area contributed by atoms with E-state index in [4.69, 9.17) is 0 Å². The van der Waals surface area contributed by atoms with E-state index in [1.807, 2.05) is 29.2 Å². The van der Waals surface area contributed by atoms with Crippen LogP contribution in [0.15, 0.2) is 48.5 Å². The second-order valence-corrected chi connectivity index (χ2v) is 9.81. The van der Waals surface area contributed by atoms with Crippen LogP contribution in [0.5, 0.6) is 0 Å². The average molecular weight is 437 g/mol. The van der Waals surface area contributed by atoms with E-state index in [0.29, 0.717) is 13.0 Å². The van der Waals surface area contributed by atoms with E-state index in [1.54, 1.807) is 0 Å². The molecule has 1 fully saturated rings. The maximum atomic E-state index is 12.7. The first-order valence-electron chi connectivity index (χ1n) is 11.8. The molecule has 2 N–H and O–H groups in total. The molecule has 5 nitrogen and oxygen atoms in total. The first-order valence-corrected chi connectivity index (χ1v) is 11.8. The van der Waals surface area contributed by atoms with Crippen molar-refractivity contribution < 1.29 is 14.5 Å². The highest BCUT2D eigenvalue weighted by atomic mass is 16.2. The Morgan fingerprint density at radius 2 is 1.66 bits per heavy atom. The fourth-order valence-corrected chi connectivity index (χ4v) is 4.20. The molecule has 5 heteroatoms. The van der Waals surface area contributed by atoms with Gasteiger partial charge < -0.3 is 15.1 Å². The Morgan fingerprint density at radius 1 is 1.00 bits per heavy atom. The van der Waals surface area contributed by atoms with Crippen molar-refractivity contribution in [3.05, 3.63) is 65.2 Å². The molecular formula is C27H38N3O2+. The molecule has 0 saturated carbocycles. The molecule has 0 radical (unpaired) electrons. The van der Waals surface area contributed by atoms with Gasteiger partial charge in [-0.3, -0.25) is 9.59 Å². The minimum absolute atomic E-state index is 0.0411. The molecule has 0 aromatic heterocycles. The van der Waals surface area contributed by atoms with Gasteiger partial charge in [-0.15, -0.1) is 0 Å². The molecule has 1 aliphatic rings. The lowest BCUT2D eigenvalue weighted by atomic mass is 9.86. The number of hydrogen-bond donors (Lipinski definition) is 2. The smallest absolute Gasteiger partial charge is 0.279 e. The van der Waals surface area contributed by atoms with E-state index in [1.165, 1.54) is 16.0 Å². The molecule has 1 aliphatic heterocycles. The van der Waals surface area contributed by atoms with Crippen molar-refractivity contribution in [1.82, 2.24) is 4.90 Å². The van der Waals surface area contributed by atoms with Crippen molar-refractivity contribution in [3.63, 3.8) is 0 Å². The molecule has 0 bridgehead atoms. The van der Waals surface area contributed by atoms with Gasteiger partial charge in [0.2, 0.25) is 5.91 Å². The van der Waals surface area contributed by atoms with Gasteiger partial charge >= 0.3 is 0 Å². The highest BCUT2D eigenvalue weighted by Crippen LogP contribution is 2.22. The van der Waals surface area contributed by atoms with E-state index in [-0.39, 0.29) is 17.2 Å². The Morgan fingerprint density at radius 3 is 2.28 bits per heavy atom. The predicted octanol–water partition coefficient (Wildman–Crippen LogP) is 2.84. The van der Waals surface area contributed by atoms with Crippen LogP contribution < -0.4 is 10.2 Å². The van der Waals surface area contributed by atoms with Gasteiger partial charge in [0.25, 0.3) is 5.91 Å². The molecule has 32 heavy (non-hydrogen) atoms. The molecule has 3 rings (SSSR count). The number of carbonyl (C=O) groups is 2. The Kier molecular flexibility index (Phi) is 8.08. The van der Waals surface area contributed by atoms with Gasteiger partial charge in [0.15, 0.2) is 6.54 Å². The summed E-state index contributed by atoms with van der Waals surface area (Å²) in [6.45, 7) is 12.2. The van der Waals surface area contributed by atoms with Crippen molar-refractivity contribution in [1.29, 1.82) is 0 Å². The Labute approximate surface area is 192 Å². The minimum Gasteiger partial charge on any atom is -0.331 e.